The Hall–Kier alpha value is -1.55. The van der Waals surface area contributed by atoms with Gasteiger partial charge in [-0.2, -0.15) is 0 Å². The van der Waals surface area contributed by atoms with Gasteiger partial charge in [-0.15, -0.1) is 0 Å². The predicted molar refractivity (Wildman–Crippen MR) is 52.3 cm³/mol. The number of nitrogens with one attached hydrogen (secondary N) is 2. The van der Waals surface area contributed by atoms with E-state index in [-0.39, 0.29) is 6.61 Å². The quantitative estimate of drug-likeness (QED) is 0.456. The van der Waals surface area contributed by atoms with Crippen molar-refractivity contribution in [3.8, 4) is 0 Å². The summed E-state index contributed by atoms with van der Waals surface area (Å²) in [5, 5.41) is 18.9. The molecule has 0 unspecified atom stereocenters. The van der Waals surface area contributed by atoms with Crippen molar-refractivity contribution in [2.24, 2.45) is 5.73 Å². The molecule has 70 valence electrons. The van der Waals surface area contributed by atoms with Crippen LogP contribution >= 0.6 is 0 Å². The first kappa shape index (κ1) is 9.54. The standard InChI is InChI=1S/C9H13N3O/c10-8-2-1-7(9(11)5-8)6-12-3-4-13/h1-2,5-6,11-13H,3-4,10H2/b7-6-,11-9?. The molecule has 0 spiro atoms. The van der Waals surface area contributed by atoms with Gasteiger partial charge in [0.05, 0.1) is 12.3 Å². The summed E-state index contributed by atoms with van der Waals surface area (Å²) in [5.41, 5.74) is 7.22. The highest BCUT2D eigenvalue weighted by Gasteiger charge is 2.03. The van der Waals surface area contributed by atoms with Gasteiger partial charge in [-0.1, -0.05) is 0 Å². The monoisotopic (exact) mass is 179 g/mol. The Morgan fingerprint density at radius 2 is 2.31 bits per heavy atom. The molecule has 4 heteroatoms. The zero-order chi connectivity index (χ0) is 9.68. The van der Waals surface area contributed by atoms with E-state index in [9.17, 15) is 0 Å². The van der Waals surface area contributed by atoms with Crippen molar-refractivity contribution >= 4 is 5.71 Å². The molecule has 5 N–H and O–H groups in total. The van der Waals surface area contributed by atoms with E-state index in [0.717, 1.165) is 5.57 Å². The van der Waals surface area contributed by atoms with Crippen molar-refractivity contribution in [3.05, 3.63) is 35.7 Å². The third-order valence-electron chi connectivity index (χ3n) is 1.59. The van der Waals surface area contributed by atoms with Gasteiger partial charge in [0.2, 0.25) is 0 Å². The molecule has 0 saturated heterocycles. The first-order valence-corrected chi connectivity index (χ1v) is 4.02. The van der Waals surface area contributed by atoms with E-state index in [4.69, 9.17) is 16.2 Å². The van der Waals surface area contributed by atoms with Gasteiger partial charge in [-0.05, 0) is 18.2 Å². The highest BCUT2D eigenvalue weighted by Crippen LogP contribution is 2.07. The van der Waals surface area contributed by atoms with Crippen molar-refractivity contribution in [1.82, 2.24) is 5.32 Å². The van der Waals surface area contributed by atoms with Crippen LogP contribution in [-0.2, 0) is 0 Å². The van der Waals surface area contributed by atoms with Crippen LogP contribution in [-0.4, -0.2) is 24.0 Å². The van der Waals surface area contributed by atoms with Gasteiger partial charge in [0.15, 0.2) is 0 Å². The second kappa shape index (κ2) is 4.47. The fourth-order valence-electron chi connectivity index (χ4n) is 0.946. The molecule has 1 aliphatic carbocycles. The smallest absolute Gasteiger partial charge is 0.0647 e. The highest BCUT2D eigenvalue weighted by atomic mass is 16.3. The molecule has 0 fully saturated rings. The van der Waals surface area contributed by atoms with E-state index in [2.05, 4.69) is 5.32 Å². The number of aliphatic hydroxyl groups excluding tert-OH is 1. The van der Waals surface area contributed by atoms with Crippen LogP contribution in [0.5, 0.6) is 0 Å². The topological polar surface area (TPSA) is 82.1 Å². The van der Waals surface area contributed by atoms with Gasteiger partial charge < -0.3 is 21.6 Å². The summed E-state index contributed by atoms with van der Waals surface area (Å²) < 4.78 is 0. The van der Waals surface area contributed by atoms with E-state index in [1.54, 1.807) is 24.4 Å². The van der Waals surface area contributed by atoms with E-state index in [1.807, 2.05) is 0 Å². The lowest BCUT2D eigenvalue weighted by molar-refractivity contribution is 0.298. The fourth-order valence-corrected chi connectivity index (χ4v) is 0.946. The third-order valence-corrected chi connectivity index (χ3v) is 1.59. The van der Waals surface area contributed by atoms with E-state index in [0.29, 0.717) is 18.0 Å². The third kappa shape index (κ3) is 2.76. The first-order chi connectivity index (χ1) is 6.24. The molecule has 4 nitrogen and oxygen atoms in total. The molecule has 0 radical (unpaired) electrons. The second-order valence-electron chi connectivity index (χ2n) is 2.67. The summed E-state index contributed by atoms with van der Waals surface area (Å²) in [7, 11) is 0. The fraction of sp³-hybridized carbons (Fsp3) is 0.222. The van der Waals surface area contributed by atoms with Crippen LogP contribution < -0.4 is 11.1 Å². The Bertz CT molecular complexity index is 289. The molecule has 0 aromatic rings. The lowest BCUT2D eigenvalue weighted by atomic mass is 10.1. The van der Waals surface area contributed by atoms with Crippen LogP contribution in [0.15, 0.2) is 35.7 Å². The van der Waals surface area contributed by atoms with Crippen LogP contribution in [0.4, 0.5) is 0 Å². The van der Waals surface area contributed by atoms with E-state index < -0.39 is 0 Å². The van der Waals surface area contributed by atoms with Gasteiger partial charge in [0, 0.05) is 24.0 Å². The maximum absolute atomic E-state index is 8.51. The number of rotatable bonds is 3. The lowest BCUT2D eigenvalue weighted by Crippen LogP contribution is -2.14. The molecule has 0 heterocycles. The Labute approximate surface area is 77.0 Å². The molecule has 0 amide bonds. The zero-order valence-electron chi connectivity index (χ0n) is 7.25. The van der Waals surface area contributed by atoms with Crippen LogP contribution in [0.1, 0.15) is 0 Å². The molecule has 0 aromatic heterocycles. The van der Waals surface area contributed by atoms with Crippen molar-refractivity contribution < 1.29 is 5.11 Å². The van der Waals surface area contributed by atoms with Gasteiger partial charge in [-0.3, -0.25) is 0 Å². The minimum absolute atomic E-state index is 0.0821. The first-order valence-electron chi connectivity index (χ1n) is 4.02. The molecule has 0 aliphatic heterocycles. The zero-order valence-corrected chi connectivity index (χ0v) is 7.25. The van der Waals surface area contributed by atoms with Crippen LogP contribution in [0.3, 0.4) is 0 Å². The number of hydrogen-bond acceptors (Lipinski definition) is 4. The molecule has 0 bridgehead atoms. The maximum Gasteiger partial charge on any atom is 0.0647 e. The summed E-state index contributed by atoms with van der Waals surface area (Å²) in [5.74, 6) is 0. The molecule has 13 heavy (non-hydrogen) atoms. The van der Waals surface area contributed by atoms with Crippen molar-refractivity contribution in [2.45, 2.75) is 0 Å². The van der Waals surface area contributed by atoms with Crippen molar-refractivity contribution in [3.63, 3.8) is 0 Å². The van der Waals surface area contributed by atoms with E-state index in [1.165, 1.54) is 0 Å². The average molecular weight is 179 g/mol. The van der Waals surface area contributed by atoms with Crippen LogP contribution in [0.2, 0.25) is 0 Å². The van der Waals surface area contributed by atoms with Gasteiger partial charge in [0.1, 0.15) is 0 Å². The maximum atomic E-state index is 8.51. The molecular formula is C9H13N3O. The molecule has 0 saturated carbocycles. The summed E-state index contributed by atoms with van der Waals surface area (Å²) in [6.45, 7) is 0.572. The minimum atomic E-state index is 0.0821. The van der Waals surface area contributed by atoms with Crippen molar-refractivity contribution in [2.75, 3.05) is 13.2 Å². The van der Waals surface area contributed by atoms with E-state index >= 15 is 0 Å². The summed E-state index contributed by atoms with van der Waals surface area (Å²) in [4.78, 5) is 0. The Kier molecular flexibility index (Phi) is 3.28. The minimum Gasteiger partial charge on any atom is -0.399 e. The predicted octanol–water partition coefficient (Wildman–Crippen LogP) is -0.116. The molecule has 1 rings (SSSR count). The Morgan fingerprint density at radius 1 is 1.54 bits per heavy atom. The van der Waals surface area contributed by atoms with Crippen LogP contribution in [0, 0.1) is 5.41 Å². The van der Waals surface area contributed by atoms with Gasteiger partial charge >= 0.3 is 0 Å². The van der Waals surface area contributed by atoms with Crippen LogP contribution in [0.25, 0.3) is 0 Å². The SMILES string of the molecule is N=C1C=C(N)C=C/C1=C/NCCO. The Balaban J connectivity index is 2.59. The van der Waals surface area contributed by atoms with Gasteiger partial charge in [-0.25, -0.2) is 0 Å². The largest absolute Gasteiger partial charge is 0.399 e. The van der Waals surface area contributed by atoms with Crippen molar-refractivity contribution in [1.29, 1.82) is 5.41 Å². The number of hydrogen-bond donors (Lipinski definition) is 4. The number of nitrogens with two attached hydrogens (primary N) is 1. The highest BCUT2D eigenvalue weighted by molar-refractivity contribution is 6.09. The lowest BCUT2D eigenvalue weighted by Gasteiger charge is -2.07. The molecular weight excluding hydrogens is 166 g/mol. The average Bonchev–Trinajstić information content (AvgIpc) is 2.09. The summed E-state index contributed by atoms with van der Waals surface area (Å²) >= 11 is 0. The number of aliphatic hydroxyl groups is 1. The normalized spacial score (nSPS) is 19.0. The molecule has 0 aromatic carbocycles. The Morgan fingerprint density at radius 3 is 2.92 bits per heavy atom. The second-order valence-corrected chi connectivity index (χ2v) is 2.67. The molecule has 0 atom stereocenters. The summed E-state index contributed by atoms with van der Waals surface area (Å²) in [6, 6.07) is 0. The number of allylic oxidation sites excluding steroid dienone is 4. The summed E-state index contributed by atoms with van der Waals surface area (Å²) in [6.07, 6.45) is 6.79. The molecule has 1 aliphatic rings. The van der Waals surface area contributed by atoms with Gasteiger partial charge in [0.25, 0.3) is 0 Å².